The van der Waals surface area contributed by atoms with Crippen LogP contribution in [0, 0.1) is 11.2 Å². The Morgan fingerprint density at radius 2 is 1.90 bits per heavy atom. The maximum atomic E-state index is 13.5. The number of nitrogens with zero attached hydrogens (tertiary/aromatic N) is 1. The number of amides is 2. The molecular weight excluding hydrogens is 387 g/mol. The summed E-state index contributed by atoms with van der Waals surface area (Å²) >= 11 is 1.68. The van der Waals surface area contributed by atoms with E-state index >= 15 is 0 Å². The molecule has 4 nitrogen and oxygen atoms in total. The van der Waals surface area contributed by atoms with Crippen molar-refractivity contribution >= 4 is 23.2 Å². The second-order valence-corrected chi connectivity index (χ2v) is 8.43. The minimum Gasteiger partial charge on any atom is -0.369 e. The summed E-state index contributed by atoms with van der Waals surface area (Å²) in [4.78, 5) is 27.9. The Balaban J connectivity index is 1.51. The molecule has 0 bridgehead atoms. The fraction of sp³-hybridized carbons (Fsp3) is 0.217. The molecule has 3 aromatic rings. The summed E-state index contributed by atoms with van der Waals surface area (Å²) in [5.74, 6) is -1.14. The molecule has 0 spiro atoms. The van der Waals surface area contributed by atoms with Gasteiger partial charge in [-0.2, -0.15) is 0 Å². The molecule has 1 aliphatic heterocycles. The maximum absolute atomic E-state index is 13.5. The van der Waals surface area contributed by atoms with Gasteiger partial charge in [0.2, 0.25) is 5.91 Å². The molecule has 1 atom stereocenters. The van der Waals surface area contributed by atoms with E-state index in [2.05, 4.69) is 6.07 Å². The molecule has 1 unspecified atom stereocenters. The van der Waals surface area contributed by atoms with E-state index in [1.807, 2.05) is 35.7 Å². The lowest BCUT2D eigenvalue weighted by Crippen LogP contribution is -2.42. The first-order valence-electron chi connectivity index (χ1n) is 9.44. The predicted octanol–water partition coefficient (Wildman–Crippen LogP) is 4.11. The molecule has 2 amide bonds. The van der Waals surface area contributed by atoms with Crippen LogP contribution in [-0.2, 0) is 11.2 Å². The van der Waals surface area contributed by atoms with E-state index in [0.717, 1.165) is 11.1 Å². The van der Waals surface area contributed by atoms with E-state index in [0.29, 0.717) is 19.4 Å². The third kappa shape index (κ3) is 3.93. The van der Waals surface area contributed by atoms with Crippen LogP contribution < -0.4 is 5.73 Å². The van der Waals surface area contributed by atoms with Gasteiger partial charge in [0.1, 0.15) is 5.82 Å². The summed E-state index contributed by atoms with van der Waals surface area (Å²) in [5, 5.41) is 2.04. The molecule has 1 fully saturated rings. The highest BCUT2D eigenvalue weighted by Gasteiger charge is 2.44. The van der Waals surface area contributed by atoms with Gasteiger partial charge in [-0.15, -0.1) is 11.3 Å². The number of hydrogen-bond donors (Lipinski definition) is 1. The minimum atomic E-state index is -0.812. The molecule has 4 rings (SSSR count). The monoisotopic (exact) mass is 408 g/mol. The Morgan fingerprint density at radius 1 is 1.10 bits per heavy atom. The van der Waals surface area contributed by atoms with Crippen LogP contribution in [0.1, 0.15) is 22.3 Å². The first-order chi connectivity index (χ1) is 14.0. The van der Waals surface area contributed by atoms with Gasteiger partial charge in [0.25, 0.3) is 5.91 Å². The second-order valence-electron chi connectivity index (χ2n) is 7.48. The van der Waals surface area contributed by atoms with Crippen LogP contribution in [0.4, 0.5) is 4.39 Å². The molecule has 0 aliphatic carbocycles. The van der Waals surface area contributed by atoms with Crippen molar-refractivity contribution in [2.75, 3.05) is 13.1 Å². The Morgan fingerprint density at radius 3 is 2.55 bits per heavy atom. The lowest BCUT2D eigenvalue weighted by Gasteiger charge is -2.26. The first-order valence-corrected chi connectivity index (χ1v) is 10.3. The van der Waals surface area contributed by atoms with E-state index in [1.54, 1.807) is 22.3 Å². The second kappa shape index (κ2) is 7.79. The Hall–Kier alpha value is -2.99. The van der Waals surface area contributed by atoms with Gasteiger partial charge in [0.15, 0.2) is 0 Å². The molecule has 0 radical (unpaired) electrons. The fourth-order valence-electron chi connectivity index (χ4n) is 3.90. The smallest absolute Gasteiger partial charge is 0.253 e. The zero-order valence-corrected chi connectivity index (χ0v) is 16.6. The topological polar surface area (TPSA) is 63.4 Å². The number of rotatable bonds is 5. The van der Waals surface area contributed by atoms with Crippen molar-refractivity contribution < 1.29 is 14.0 Å². The van der Waals surface area contributed by atoms with Crippen molar-refractivity contribution in [1.29, 1.82) is 0 Å². The molecule has 1 aromatic heterocycles. The van der Waals surface area contributed by atoms with Crippen LogP contribution in [0.2, 0.25) is 0 Å². The van der Waals surface area contributed by atoms with Gasteiger partial charge in [0.05, 0.1) is 5.41 Å². The lowest BCUT2D eigenvalue weighted by atomic mass is 9.80. The van der Waals surface area contributed by atoms with Gasteiger partial charge in [-0.3, -0.25) is 9.59 Å². The highest BCUT2D eigenvalue weighted by molar-refractivity contribution is 7.13. The van der Waals surface area contributed by atoms with Crippen molar-refractivity contribution in [1.82, 2.24) is 4.90 Å². The van der Waals surface area contributed by atoms with Gasteiger partial charge in [-0.1, -0.05) is 36.4 Å². The van der Waals surface area contributed by atoms with Gasteiger partial charge >= 0.3 is 0 Å². The number of carbonyl (C=O) groups is 2. The number of carbonyl (C=O) groups excluding carboxylic acids is 2. The van der Waals surface area contributed by atoms with Gasteiger partial charge < -0.3 is 10.6 Å². The average molecular weight is 408 g/mol. The van der Waals surface area contributed by atoms with Crippen LogP contribution in [0.5, 0.6) is 0 Å². The van der Waals surface area contributed by atoms with Crippen LogP contribution in [-0.4, -0.2) is 29.8 Å². The zero-order valence-electron chi connectivity index (χ0n) is 15.8. The molecule has 1 saturated heterocycles. The van der Waals surface area contributed by atoms with Gasteiger partial charge in [0, 0.05) is 23.5 Å². The maximum Gasteiger partial charge on any atom is 0.253 e. The average Bonchev–Trinajstić information content (AvgIpc) is 3.39. The normalized spacial score (nSPS) is 18.7. The first kappa shape index (κ1) is 19.3. The largest absolute Gasteiger partial charge is 0.369 e. The van der Waals surface area contributed by atoms with Gasteiger partial charge in [-0.25, -0.2) is 4.39 Å². The van der Waals surface area contributed by atoms with Crippen LogP contribution >= 0.6 is 11.3 Å². The van der Waals surface area contributed by atoms with E-state index in [-0.39, 0.29) is 18.0 Å². The van der Waals surface area contributed by atoms with Crippen LogP contribution in [0.3, 0.4) is 0 Å². The molecule has 0 saturated carbocycles. The summed E-state index contributed by atoms with van der Waals surface area (Å²) in [7, 11) is 0. The molecule has 1 aliphatic rings. The fourth-order valence-corrected chi connectivity index (χ4v) is 4.64. The molecule has 148 valence electrons. The third-order valence-electron chi connectivity index (χ3n) is 5.54. The molecule has 6 heteroatoms. The van der Waals surface area contributed by atoms with E-state index in [9.17, 15) is 14.0 Å². The number of hydrogen-bond acceptors (Lipinski definition) is 3. The van der Waals surface area contributed by atoms with Crippen molar-refractivity contribution in [2.24, 2.45) is 11.1 Å². The minimum absolute atomic E-state index is 0.240. The quantitative estimate of drug-likeness (QED) is 0.690. The Bertz CT molecular complexity index is 1030. The summed E-state index contributed by atoms with van der Waals surface area (Å²) < 4.78 is 13.5. The highest BCUT2D eigenvalue weighted by Crippen LogP contribution is 2.35. The van der Waals surface area contributed by atoms with Crippen molar-refractivity contribution in [3.05, 3.63) is 83.0 Å². The standard InChI is InChI=1S/C23H21FN2O2S/c24-19-4-1-3-18(13-19)21(27)26-11-10-23(15-26,22(25)28)14-16-6-8-17(9-7-16)20-5-2-12-29-20/h1-9,12-13H,10-11,14-15H2,(H2,25,28). The predicted molar refractivity (Wildman–Crippen MR) is 112 cm³/mol. The summed E-state index contributed by atoms with van der Waals surface area (Å²) in [6.07, 6.45) is 0.968. The van der Waals surface area contributed by atoms with Gasteiger partial charge in [-0.05, 0) is 53.6 Å². The van der Waals surface area contributed by atoms with Crippen LogP contribution in [0.25, 0.3) is 10.4 Å². The molecule has 2 aromatic carbocycles. The SMILES string of the molecule is NC(=O)C1(Cc2ccc(-c3cccs3)cc2)CCN(C(=O)c2cccc(F)c2)C1. The number of nitrogens with two attached hydrogens (primary N) is 1. The Kier molecular flexibility index (Phi) is 5.20. The van der Waals surface area contributed by atoms with Crippen molar-refractivity contribution in [3.63, 3.8) is 0 Å². The zero-order chi connectivity index (χ0) is 20.4. The number of benzene rings is 2. The molecular formula is C23H21FN2O2S. The van der Waals surface area contributed by atoms with E-state index < -0.39 is 17.1 Å². The van der Waals surface area contributed by atoms with Crippen molar-refractivity contribution in [2.45, 2.75) is 12.8 Å². The summed E-state index contributed by atoms with van der Waals surface area (Å²) in [6.45, 7) is 0.663. The third-order valence-corrected chi connectivity index (χ3v) is 6.46. The molecule has 2 N–H and O–H groups in total. The number of primary amides is 1. The highest BCUT2D eigenvalue weighted by atomic mass is 32.1. The van der Waals surface area contributed by atoms with E-state index in [1.165, 1.54) is 23.1 Å². The van der Waals surface area contributed by atoms with E-state index in [4.69, 9.17) is 5.73 Å². The van der Waals surface area contributed by atoms with Crippen molar-refractivity contribution in [3.8, 4) is 10.4 Å². The Labute approximate surface area is 172 Å². The number of likely N-dealkylation sites (tertiary alicyclic amines) is 1. The molecule has 29 heavy (non-hydrogen) atoms. The number of halogens is 1. The van der Waals surface area contributed by atoms with Crippen LogP contribution in [0.15, 0.2) is 66.0 Å². The number of thiophene rings is 1. The molecule has 2 heterocycles. The summed E-state index contributed by atoms with van der Waals surface area (Å²) in [5.41, 5.74) is 7.38. The lowest BCUT2D eigenvalue weighted by molar-refractivity contribution is -0.126. The summed E-state index contributed by atoms with van der Waals surface area (Å²) in [6, 6.07) is 17.8.